The summed E-state index contributed by atoms with van der Waals surface area (Å²) < 4.78 is 3.52. The SMILES string of the molecule is Cc1nn(C)c(C)c1NC(=O)c1cnc2c(c(C)nn2C)c1SC(C)C. The van der Waals surface area contributed by atoms with Gasteiger partial charge in [0.25, 0.3) is 5.91 Å². The second kappa shape index (κ2) is 6.75. The third-order valence-electron chi connectivity index (χ3n) is 4.33. The molecule has 0 spiro atoms. The summed E-state index contributed by atoms with van der Waals surface area (Å²) in [5, 5.41) is 13.1. The molecule has 0 radical (unpaired) electrons. The fourth-order valence-corrected chi connectivity index (χ4v) is 4.13. The van der Waals surface area contributed by atoms with Crippen LogP contribution in [-0.2, 0) is 14.1 Å². The van der Waals surface area contributed by atoms with E-state index in [1.54, 1.807) is 27.3 Å². The van der Waals surface area contributed by atoms with Gasteiger partial charge in [0.15, 0.2) is 5.65 Å². The number of aromatic nitrogens is 5. The van der Waals surface area contributed by atoms with Crippen molar-refractivity contribution in [3.05, 3.63) is 28.8 Å². The van der Waals surface area contributed by atoms with Crippen molar-refractivity contribution < 1.29 is 4.79 Å². The van der Waals surface area contributed by atoms with Gasteiger partial charge in [0.1, 0.15) is 0 Å². The summed E-state index contributed by atoms with van der Waals surface area (Å²) in [7, 11) is 3.74. The number of carbonyl (C=O) groups excluding carboxylic acids is 1. The molecule has 0 bridgehead atoms. The zero-order valence-electron chi connectivity index (χ0n) is 16.2. The second-order valence-electron chi connectivity index (χ2n) is 6.70. The highest BCUT2D eigenvalue weighted by Crippen LogP contribution is 2.35. The number of thioether (sulfide) groups is 1. The molecule has 0 aliphatic rings. The first kappa shape index (κ1) is 18.4. The maximum Gasteiger partial charge on any atom is 0.258 e. The Balaban J connectivity index is 2.11. The highest BCUT2D eigenvalue weighted by molar-refractivity contribution is 8.00. The zero-order chi connectivity index (χ0) is 19.2. The third-order valence-corrected chi connectivity index (χ3v) is 5.46. The van der Waals surface area contributed by atoms with E-state index >= 15 is 0 Å². The highest BCUT2D eigenvalue weighted by Gasteiger charge is 2.22. The van der Waals surface area contributed by atoms with Crippen molar-refractivity contribution >= 4 is 34.4 Å². The molecule has 8 heteroatoms. The van der Waals surface area contributed by atoms with E-state index in [2.05, 4.69) is 34.3 Å². The molecule has 0 aliphatic carbocycles. The van der Waals surface area contributed by atoms with Crippen molar-refractivity contribution in [2.45, 2.75) is 44.8 Å². The molecule has 0 fully saturated rings. The largest absolute Gasteiger partial charge is 0.319 e. The summed E-state index contributed by atoms with van der Waals surface area (Å²) in [5.74, 6) is -0.176. The van der Waals surface area contributed by atoms with E-state index < -0.39 is 0 Å². The van der Waals surface area contributed by atoms with E-state index in [1.165, 1.54) is 0 Å². The molecule has 3 aromatic rings. The highest BCUT2D eigenvalue weighted by atomic mass is 32.2. The minimum absolute atomic E-state index is 0.176. The summed E-state index contributed by atoms with van der Waals surface area (Å²) in [6, 6.07) is 0. The summed E-state index contributed by atoms with van der Waals surface area (Å²) in [6.45, 7) is 10.00. The average Bonchev–Trinajstić information content (AvgIpc) is 2.97. The van der Waals surface area contributed by atoms with E-state index in [4.69, 9.17) is 0 Å². The maximum atomic E-state index is 13.1. The van der Waals surface area contributed by atoms with Crippen LogP contribution in [0.4, 0.5) is 5.69 Å². The van der Waals surface area contributed by atoms with Gasteiger partial charge < -0.3 is 5.32 Å². The average molecular weight is 372 g/mol. The van der Waals surface area contributed by atoms with Crippen LogP contribution >= 0.6 is 11.8 Å². The van der Waals surface area contributed by atoms with E-state index in [1.807, 2.05) is 34.9 Å². The Bertz CT molecular complexity index is 1000. The first-order valence-corrected chi connectivity index (χ1v) is 9.39. The molecule has 7 nitrogen and oxygen atoms in total. The predicted molar refractivity (Wildman–Crippen MR) is 105 cm³/mol. The molecular formula is C18H24N6OS. The Hall–Kier alpha value is -2.35. The number of rotatable bonds is 4. The van der Waals surface area contributed by atoms with Crippen molar-refractivity contribution in [3.63, 3.8) is 0 Å². The zero-order valence-corrected chi connectivity index (χ0v) is 17.0. The second-order valence-corrected chi connectivity index (χ2v) is 8.29. The van der Waals surface area contributed by atoms with Crippen LogP contribution in [0.25, 0.3) is 11.0 Å². The van der Waals surface area contributed by atoms with Gasteiger partial charge in [-0.1, -0.05) is 13.8 Å². The first-order chi connectivity index (χ1) is 12.2. The van der Waals surface area contributed by atoms with Gasteiger partial charge in [-0.2, -0.15) is 10.2 Å². The van der Waals surface area contributed by atoms with Crippen LogP contribution in [0.15, 0.2) is 11.1 Å². The molecule has 0 saturated heterocycles. The molecule has 0 aromatic carbocycles. The van der Waals surface area contributed by atoms with Gasteiger partial charge in [-0.25, -0.2) is 4.98 Å². The maximum absolute atomic E-state index is 13.1. The number of carbonyl (C=O) groups is 1. The van der Waals surface area contributed by atoms with Crippen molar-refractivity contribution in [2.75, 3.05) is 5.32 Å². The van der Waals surface area contributed by atoms with Gasteiger partial charge in [-0.15, -0.1) is 11.8 Å². The molecule has 26 heavy (non-hydrogen) atoms. The molecule has 0 saturated carbocycles. The Morgan fingerprint density at radius 1 is 1.12 bits per heavy atom. The van der Waals surface area contributed by atoms with Crippen molar-refractivity contribution in [1.29, 1.82) is 0 Å². The Morgan fingerprint density at radius 2 is 1.77 bits per heavy atom. The minimum atomic E-state index is -0.176. The summed E-state index contributed by atoms with van der Waals surface area (Å²) in [5.41, 5.74) is 4.69. The van der Waals surface area contributed by atoms with Gasteiger partial charge >= 0.3 is 0 Å². The number of hydrogen-bond donors (Lipinski definition) is 1. The Kier molecular flexibility index (Phi) is 4.79. The summed E-state index contributed by atoms with van der Waals surface area (Å²) in [4.78, 5) is 18.5. The van der Waals surface area contributed by atoms with Crippen LogP contribution in [-0.4, -0.2) is 35.7 Å². The Labute approximate surface area is 157 Å². The normalized spacial score (nSPS) is 11.5. The van der Waals surface area contributed by atoms with Crippen LogP contribution in [0.1, 0.15) is 41.3 Å². The molecule has 3 aromatic heterocycles. The van der Waals surface area contributed by atoms with Gasteiger partial charge in [0.05, 0.1) is 33.7 Å². The number of nitrogens with zero attached hydrogens (tertiary/aromatic N) is 5. The monoisotopic (exact) mass is 372 g/mol. The van der Waals surface area contributed by atoms with Gasteiger partial charge in [0, 0.05) is 30.4 Å². The number of amides is 1. The lowest BCUT2D eigenvalue weighted by atomic mass is 10.2. The standard InChI is InChI=1S/C18H24N6OS/c1-9(2)26-16-13(8-19-17-14(16)10(3)21-24(17)7)18(25)20-15-11(4)22-23(6)12(15)5/h8-9H,1-7H3,(H,20,25). The molecule has 0 aliphatic heterocycles. The number of hydrogen-bond acceptors (Lipinski definition) is 5. The smallest absolute Gasteiger partial charge is 0.258 e. The molecule has 3 heterocycles. The van der Waals surface area contributed by atoms with Crippen molar-refractivity contribution in [3.8, 4) is 0 Å². The molecule has 0 atom stereocenters. The third kappa shape index (κ3) is 3.09. The number of anilines is 1. The molecular weight excluding hydrogens is 348 g/mol. The van der Waals surface area contributed by atoms with E-state index in [0.717, 1.165) is 38.7 Å². The van der Waals surface area contributed by atoms with Crippen LogP contribution < -0.4 is 5.32 Å². The number of nitrogens with one attached hydrogen (secondary N) is 1. The summed E-state index contributed by atoms with van der Waals surface area (Å²) >= 11 is 1.66. The first-order valence-electron chi connectivity index (χ1n) is 8.51. The minimum Gasteiger partial charge on any atom is -0.319 e. The van der Waals surface area contributed by atoms with Crippen LogP contribution in [0.2, 0.25) is 0 Å². The molecule has 1 N–H and O–H groups in total. The van der Waals surface area contributed by atoms with Gasteiger partial charge in [0.2, 0.25) is 0 Å². The molecule has 138 valence electrons. The van der Waals surface area contributed by atoms with Crippen LogP contribution in [0.5, 0.6) is 0 Å². The quantitative estimate of drug-likeness (QED) is 0.711. The van der Waals surface area contributed by atoms with Crippen molar-refractivity contribution in [2.24, 2.45) is 14.1 Å². The van der Waals surface area contributed by atoms with E-state index in [9.17, 15) is 4.79 Å². The number of fused-ring (bicyclic) bond motifs is 1. The molecule has 3 rings (SSSR count). The lowest BCUT2D eigenvalue weighted by Crippen LogP contribution is -2.15. The molecule has 0 unspecified atom stereocenters. The fourth-order valence-electron chi connectivity index (χ4n) is 3.03. The van der Waals surface area contributed by atoms with Gasteiger partial charge in [-0.3, -0.25) is 14.2 Å². The number of aryl methyl sites for hydroxylation is 4. The van der Waals surface area contributed by atoms with Crippen LogP contribution in [0, 0.1) is 20.8 Å². The predicted octanol–water partition coefficient (Wildman–Crippen LogP) is 3.38. The lowest BCUT2D eigenvalue weighted by molar-refractivity contribution is 0.102. The Morgan fingerprint density at radius 3 is 2.35 bits per heavy atom. The fraction of sp³-hybridized carbons (Fsp3) is 0.444. The van der Waals surface area contributed by atoms with Crippen LogP contribution in [0.3, 0.4) is 0 Å². The topological polar surface area (TPSA) is 77.6 Å². The van der Waals surface area contributed by atoms with Crippen molar-refractivity contribution in [1.82, 2.24) is 24.5 Å². The van der Waals surface area contributed by atoms with E-state index in [0.29, 0.717) is 10.8 Å². The lowest BCUT2D eigenvalue weighted by Gasteiger charge is -2.13. The summed E-state index contributed by atoms with van der Waals surface area (Å²) in [6.07, 6.45) is 1.64. The number of pyridine rings is 1. The van der Waals surface area contributed by atoms with E-state index in [-0.39, 0.29) is 5.91 Å². The van der Waals surface area contributed by atoms with Gasteiger partial charge in [-0.05, 0) is 20.8 Å². The molecule has 1 amide bonds.